The fourth-order valence-electron chi connectivity index (χ4n) is 2.08. The summed E-state index contributed by atoms with van der Waals surface area (Å²) in [6.07, 6.45) is 5.39. The van der Waals surface area contributed by atoms with E-state index in [2.05, 4.69) is 41.6 Å². The molecule has 0 aliphatic carbocycles. The molecule has 9 heteroatoms. The molecule has 1 aliphatic heterocycles. The standard InChI is InChI=1S/C11H13BrN6O.ClH/c12-7-4-14-11-16-9(17-18(11)6-7)10(19)15-8-2-1-3-13-5-8;/h4,6,8,13H,1-3,5H2,(H,15,19);1H. The average Bonchev–Trinajstić information content (AvgIpc) is 2.83. The lowest BCUT2D eigenvalue weighted by Gasteiger charge is -2.23. The minimum Gasteiger partial charge on any atom is -0.345 e. The number of nitrogens with one attached hydrogen (secondary N) is 2. The van der Waals surface area contributed by atoms with Crippen LogP contribution >= 0.6 is 28.3 Å². The van der Waals surface area contributed by atoms with Gasteiger partial charge in [-0.3, -0.25) is 4.79 Å². The molecule has 1 atom stereocenters. The van der Waals surface area contributed by atoms with E-state index in [0.29, 0.717) is 5.78 Å². The zero-order valence-electron chi connectivity index (χ0n) is 10.5. The van der Waals surface area contributed by atoms with Crippen LogP contribution in [0.4, 0.5) is 0 Å². The minimum atomic E-state index is -0.254. The van der Waals surface area contributed by atoms with Crippen LogP contribution in [0.5, 0.6) is 0 Å². The normalized spacial score (nSPS) is 18.6. The van der Waals surface area contributed by atoms with E-state index in [1.807, 2.05) is 0 Å². The van der Waals surface area contributed by atoms with Crippen molar-refractivity contribution in [3.05, 3.63) is 22.7 Å². The summed E-state index contributed by atoms with van der Waals surface area (Å²) in [5, 5.41) is 10.3. The Hall–Kier alpha value is -1.25. The third-order valence-electron chi connectivity index (χ3n) is 3.00. The SMILES string of the molecule is Cl.O=C(NC1CCCNC1)c1nc2ncc(Br)cn2n1. The summed E-state index contributed by atoms with van der Waals surface area (Å²) in [5.41, 5.74) is 0. The first-order valence-electron chi connectivity index (χ1n) is 6.12. The molecule has 7 nitrogen and oxygen atoms in total. The van der Waals surface area contributed by atoms with Gasteiger partial charge in [0, 0.05) is 25.0 Å². The summed E-state index contributed by atoms with van der Waals surface area (Å²) in [6.45, 7) is 1.81. The predicted molar refractivity (Wildman–Crippen MR) is 79.1 cm³/mol. The van der Waals surface area contributed by atoms with Crippen LogP contribution in [0, 0.1) is 0 Å². The third-order valence-corrected chi connectivity index (χ3v) is 3.41. The monoisotopic (exact) mass is 360 g/mol. The number of rotatable bonds is 2. The van der Waals surface area contributed by atoms with Crippen molar-refractivity contribution in [3.63, 3.8) is 0 Å². The van der Waals surface area contributed by atoms with Crippen molar-refractivity contribution in [2.24, 2.45) is 0 Å². The molecule has 1 fully saturated rings. The highest BCUT2D eigenvalue weighted by atomic mass is 79.9. The number of amides is 1. The number of halogens is 2. The Kier molecular flexibility index (Phi) is 4.90. The first-order chi connectivity index (χ1) is 9.22. The molecule has 20 heavy (non-hydrogen) atoms. The van der Waals surface area contributed by atoms with Crippen molar-refractivity contribution in [3.8, 4) is 0 Å². The molecule has 1 aliphatic rings. The molecule has 2 aromatic heterocycles. The predicted octanol–water partition coefficient (Wildman–Crippen LogP) is 0.790. The van der Waals surface area contributed by atoms with E-state index in [1.54, 1.807) is 12.4 Å². The maximum absolute atomic E-state index is 12.1. The molecule has 0 bridgehead atoms. The highest BCUT2D eigenvalue weighted by Gasteiger charge is 2.19. The molecular formula is C11H14BrClN6O. The van der Waals surface area contributed by atoms with Crippen LogP contribution in [-0.4, -0.2) is 44.6 Å². The van der Waals surface area contributed by atoms with E-state index >= 15 is 0 Å². The molecule has 3 heterocycles. The number of aromatic nitrogens is 4. The van der Waals surface area contributed by atoms with Crippen molar-refractivity contribution in [1.29, 1.82) is 0 Å². The average molecular weight is 362 g/mol. The number of carbonyl (C=O) groups excluding carboxylic acids is 1. The van der Waals surface area contributed by atoms with Gasteiger partial charge in [-0.25, -0.2) is 9.50 Å². The van der Waals surface area contributed by atoms with Gasteiger partial charge in [0.2, 0.25) is 5.82 Å². The molecule has 3 rings (SSSR count). The first kappa shape index (κ1) is 15.1. The molecule has 0 spiro atoms. The van der Waals surface area contributed by atoms with E-state index in [1.165, 1.54) is 4.52 Å². The van der Waals surface area contributed by atoms with Gasteiger partial charge in [-0.2, -0.15) is 4.98 Å². The van der Waals surface area contributed by atoms with Gasteiger partial charge in [-0.15, -0.1) is 17.5 Å². The van der Waals surface area contributed by atoms with Gasteiger partial charge in [0.15, 0.2) is 0 Å². The van der Waals surface area contributed by atoms with Gasteiger partial charge in [0.05, 0.1) is 4.47 Å². The van der Waals surface area contributed by atoms with Gasteiger partial charge in [0.1, 0.15) is 0 Å². The summed E-state index contributed by atoms with van der Waals surface area (Å²) >= 11 is 3.30. The van der Waals surface area contributed by atoms with Crippen LogP contribution in [0.2, 0.25) is 0 Å². The molecular weight excluding hydrogens is 348 g/mol. The topological polar surface area (TPSA) is 84.2 Å². The fourth-order valence-corrected chi connectivity index (χ4v) is 2.38. The Morgan fingerprint density at radius 3 is 3.15 bits per heavy atom. The molecule has 2 aromatic rings. The van der Waals surface area contributed by atoms with Crippen LogP contribution in [0.15, 0.2) is 16.9 Å². The van der Waals surface area contributed by atoms with E-state index in [0.717, 1.165) is 30.4 Å². The summed E-state index contributed by atoms with van der Waals surface area (Å²) in [5.74, 6) is 0.307. The van der Waals surface area contributed by atoms with Crippen LogP contribution in [0.3, 0.4) is 0 Å². The van der Waals surface area contributed by atoms with Gasteiger partial charge in [0.25, 0.3) is 11.7 Å². The van der Waals surface area contributed by atoms with Crippen LogP contribution < -0.4 is 10.6 Å². The zero-order valence-corrected chi connectivity index (χ0v) is 12.9. The Morgan fingerprint density at radius 2 is 2.40 bits per heavy atom. The first-order valence-corrected chi connectivity index (χ1v) is 6.91. The Balaban J connectivity index is 0.00000147. The van der Waals surface area contributed by atoms with E-state index in [4.69, 9.17) is 0 Å². The molecule has 2 N–H and O–H groups in total. The Labute approximate surface area is 130 Å². The summed E-state index contributed by atoms with van der Waals surface area (Å²) in [7, 11) is 0. The lowest BCUT2D eigenvalue weighted by Crippen LogP contribution is -2.45. The second kappa shape index (κ2) is 6.47. The summed E-state index contributed by atoms with van der Waals surface area (Å²) < 4.78 is 2.27. The van der Waals surface area contributed by atoms with Crippen molar-refractivity contribution in [2.75, 3.05) is 13.1 Å². The minimum absolute atomic E-state index is 0. The lowest BCUT2D eigenvalue weighted by atomic mass is 10.1. The highest BCUT2D eigenvalue weighted by Crippen LogP contribution is 2.08. The number of nitrogens with zero attached hydrogens (tertiary/aromatic N) is 4. The van der Waals surface area contributed by atoms with Gasteiger partial charge >= 0.3 is 0 Å². The van der Waals surface area contributed by atoms with E-state index < -0.39 is 0 Å². The zero-order chi connectivity index (χ0) is 13.2. The molecule has 0 aromatic carbocycles. The number of hydrogen-bond acceptors (Lipinski definition) is 5. The van der Waals surface area contributed by atoms with E-state index in [9.17, 15) is 4.79 Å². The van der Waals surface area contributed by atoms with Gasteiger partial charge in [-0.1, -0.05) is 0 Å². The smallest absolute Gasteiger partial charge is 0.291 e. The van der Waals surface area contributed by atoms with Crippen molar-refractivity contribution in [1.82, 2.24) is 30.2 Å². The maximum Gasteiger partial charge on any atom is 0.291 e. The van der Waals surface area contributed by atoms with Gasteiger partial charge < -0.3 is 10.6 Å². The highest BCUT2D eigenvalue weighted by molar-refractivity contribution is 9.10. The molecule has 0 saturated carbocycles. The quantitative estimate of drug-likeness (QED) is 0.826. The van der Waals surface area contributed by atoms with Crippen molar-refractivity contribution < 1.29 is 4.79 Å². The largest absolute Gasteiger partial charge is 0.345 e. The van der Waals surface area contributed by atoms with Crippen molar-refractivity contribution in [2.45, 2.75) is 18.9 Å². The Morgan fingerprint density at radius 1 is 1.55 bits per heavy atom. The maximum atomic E-state index is 12.1. The fraction of sp³-hybridized carbons (Fsp3) is 0.455. The van der Waals surface area contributed by atoms with Crippen LogP contribution in [-0.2, 0) is 0 Å². The number of fused-ring (bicyclic) bond motifs is 1. The number of hydrogen-bond donors (Lipinski definition) is 2. The molecule has 1 unspecified atom stereocenters. The Bertz CT molecular complexity index is 612. The molecule has 1 amide bonds. The number of piperidine rings is 1. The molecule has 1 saturated heterocycles. The van der Waals surface area contributed by atoms with Gasteiger partial charge in [-0.05, 0) is 35.3 Å². The van der Waals surface area contributed by atoms with E-state index in [-0.39, 0.29) is 30.2 Å². The number of carbonyl (C=O) groups is 1. The molecule has 108 valence electrons. The van der Waals surface area contributed by atoms with Crippen LogP contribution in [0.1, 0.15) is 23.5 Å². The third kappa shape index (κ3) is 3.25. The summed E-state index contributed by atoms with van der Waals surface area (Å²) in [4.78, 5) is 20.2. The summed E-state index contributed by atoms with van der Waals surface area (Å²) in [6, 6.07) is 0.146. The second-order valence-corrected chi connectivity index (χ2v) is 5.38. The lowest BCUT2D eigenvalue weighted by molar-refractivity contribution is 0.0920. The van der Waals surface area contributed by atoms with Crippen molar-refractivity contribution >= 4 is 40.0 Å². The van der Waals surface area contributed by atoms with Crippen LogP contribution in [0.25, 0.3) is 5.78 Å². The molecule has 0 radical (unpaired) electrons. The second-order valence-electron chi connectivity index (χ2n) is 4.47.